The van der Waals surface area contributed by atoms with Gasteiger partial charge < -0.3 is 19.5 Å². The molecule has 5 aromatic rings. The molecule has 0 aliphatic carbocycles. The second-order valence-corrected chi connectivity index (χ2v) is 8.55. The minimum Gasteiger partial charge on any atom is -0.456 e. The number of carbonyl (C=O) groups is 2. The fraction of sp³-hybridized carbons (Fsp3) is 0.0800. The molecular weight excluding hydrogens is 438 g/mol. The van der Waals surface area contributed by atoms with E-state index < -0.39 is 0 Å². The first-order valence-electron chi connectivity index (χ1n) is 10.2. The molecule has 2 aromatic carbocycles. The van der Waals surface area contributed by atoms with Crippen LogP contribution in [0.2, 0.25) is 0 Å². The van der Waals surface area contributed by atoms with E-state index in [0.717, 1.165) is 20.8 Å². The van der Waals surface area contributed by atoms with Crippen molar-refractivity contribution in [3.63, 3.8) is 0 Å². The Labute approximate surface area is 193 Å². The number of carbonyl (C=O) groups excluding carboxylic acids is 2. The van der Waals surface area contributed by atoms with Crippen LogP contribution in [0, 0.1) is 13.8 Å². The first-order valence-corrected chi connectivity index (χ1v) is 11.0. The summed E-state index contributed by atoms with van der Waals surface area (Å²) in [5.74, 6) is 0.922. The molecule has 0 saturated carbocycles. The molecule has 0 saturated heterocycles. The van der Waals surface area contributed by atoms with Gasteiger partial charge in [-0.3, -0.25) is 9.59 Å². The number of furan rings is 2. The molecule has 8 heteroatoms. The van der Waals surface area contributed by atoms with Gasteiger partial charge in [0.25, 0.3) is 11.8 Å². The van der Waals surface area contributed by atoms with Gasteiger partial charge in [-0.05, 0) is 68.4 Å². The molecule has 2 N–H and O–H groups in total. The van der Waals surface area contributed by atoms with Gasteiger partial charge in [0.2, 0.25) is 0 Å². The zero-order chi connectivity index (χ0) is 22.9. The summed E-state index contributed by atoms with van der Waals surface area (Å²) in [5.41, 5.74) is 2.64. The minimum absolute atomic E-state index is 0.203. The molecule has 0 radical (unpaired) electrons. The Kier molecular flexibility index (Phi) is 5.27. The number of amides is 2. The van der Waals surface area contributed by atoms with Crippen LogP contribution >= 0.6 is 11.3 Å². The van der Waals surface area contributed by atoms with Gasteiger partial charge in [-0.2, -0.15) is 0 Å². The van der Waals surface area contributed by atoms with Crippen LogP contribution in [0.15, 0.2) is 75.6 Å². The van der Waals surface area contributed by atoms with E-state index in [4.69, 9.17) is 13.8 Å². The Morgan fingerprint density at radius 2 is 1.36 bits per heavy atom. The van der Waals surface area contributed by atoms with Gasteiger partial charge in [-0.1, -0.05) is 12.1 Å². The van der Waals surface area contributed by atoms with Crippen LogP contribution in [0.25, 0.3) is 20.8 Å². The number of aromatic nitrogens is 1. The van der Waals surface area contributed by atoms with Gasteiger partial charge in [-0.15, -0.1) is 11.3 Å². The summed E-state index contributed by atoms with van der Waals surface area (Å²) in [4.78, 5) is 30.0. The van der Waals surface area contributed by atoms with Crippen LogP contribution in [0.4, 0.5) is 11.4 Å². The molecular formula is C25H19N3O4S. The molecule has 5 rings (SSSR count). The SMILES string of the molecule is Cc1ccc(C(=O)Nc2cc(NC(=O)c3ccc(C)o3)cc(-c3nc4ccccc4s3)c2)o1. The average molecular weight is 458 g/mol. The molecule has 0 unspecified atom stereocenters. The lowest BCUT2D eigenvalue weighted by molar-refractivity contribution is 0.0989. The van der Waals surface area contributed by atoms with E-state index >= 15 is 0 Å². The van der Waals surface area contributed by atoms with Crippen LogP contribution in [0.1, 0.15) is 32.6 Å². The van der Waals surface area contributed by atoms with Gasteiger partial charge in [0.15, 0.2) is 11.5 Å². The molecule has 3 aromatic heterocycles. The fourth-order valence-corrected chi connectivity index (χ4v) is 4.34. The number of hydrogen-bond acceptors (Lipinski definition) is 6. The van der Waals surface area contributed by atoms with Gasteiger partial charge in [0.05, 0.1) is 10.2 Å². The predicted octanol–water partition coefficient (Wildman–Crippen LogP) is 6.27. The lowest BCUT2D eigenvalue weighted by Crippen LogP contribution is -2.13. The molecule has 164 valence electrons. The zero-order valence-electron chi connectivity index (χ0n) is 17.8. The first-order chi connectivity index (χ1) is 15.9. The quantitative estimate of drug-likeness (QED) is 0.324. The number of aryl methyl sites for hydroxylation is 2. The molecule has 3 heterocycles. The topological polar surface area (TPSA) is 97.4 Å². The van der Waals surface area contributed by atoms with Crippen LogP contribution in [0.5, 0.6) is 0 Å². The standard InChI is InChI=1S/C25H19N3O4S/c1-14-7-9-20(31-14)23(29)26-17-11-16(25-28-19-5-3-4-6-22(19)33-25)12-18(13-17)27-24(30)21-10-8-15(2)32-21/h3-13H,1-2H3,(H,26,29)(H,27,30). The summed E-state index contributed by atoms with van der Waals surface area (Å²) in [7, 11) is 0. The summed E-state index contributed by atoms with van der Waals surface area (Å²) < 4.78 is 11.9. The van der Waals surface area contributed by atoms with Crippen molar-refractivity contribution in [1.82, 2.24) is 4.98 Å². The highest BCUT2D eigenvalue weighted by Gasteiger charge is 2.16. The minimum atomic E-state index is -0.386. The van der Waals surface area contributed by atoms with E-state index in [0.29, 0.717) is 22.9 Å². The molecule has 0 aliphatic rings. The van der Waals surface area contributed by atoms with Crippen molar-refractivity contribution in [3.05, 3.63) is 89.8 Å². The number of nitrogens with zero attached hydrogens (tertiary/aromatic N) is 1. The highest BCUT2D eigenvalue weighted by molar-refractivity contribution is 7.21. The zero-order valence-corrected chi connectivity index (χ0v) is 18.7. The van der Waals surface area contributed by atoms with E-state index in [-0.39, 0.29) is 23.3 Å². The number of nitrogens with one attached hydrogen (secondary N) is 2. The highest BCUT2D eigenvalue weighted by atomic mass is 32.1. The van der Waals surface area contributed by atoms with Crippen molar-refractivity contribution in [2.75, 3.05) is 10.6 Å². The Bertz CT molecular complexity index is 1390. The number of thiazole rings is 1. The summed E-state index contributed by atoms with van der Waals surface area (Å²) in [5, 5.41) is 6.45. The first kappa shape index (κ1) is 20.7. The van der Waals surface area contributed by atoms with E-state index in [1.807, 2.05) is 36.4 Å². The summed E-state index contributed by atoms with van der Waals surface area (Å²) >= 11 is 1.53. The third kappa shape index (κ3) is 4.42. The third-order valence-corrected chi connectivity index (χ3v) is 6.00. The molecule has 2 amide bonds. The molecule has 0 atom stereocenters. The van der Waals surface area contributed by atoms with Gasteiger partial charge in [0.1, 0.15) is 16.5 Å². The lowest BCUT2D eigenvalue weighted by Gasteiger charge is -2.10. The smallest absolute Gasteiger partial charge is 0.291 e. The molecule has 0 spiro atoms. The van der Waals surface area contributed by atoms with Gasteiger partial charge in [0, 0.05) is 16.9 Å². The van der Waals surface area contributed by atoms with Crippen molar-refractivity contribution in [2.24, 2.45) is 0 Å². The maximum absolute atomic E-state index is 12.7. The Morgan fingerprint density at radius 3 is 1.88 bits per heavy atom. The van der Waals surface area contributed by atoms with Crippen molar-refractivity contribution < 1.29 is 18.4 Å². The molecule has 0 fully saturated rings. The maximum atomic E-state index is 12.7. The largest absolute Gasteiger partial charge is 0.456 e. The van der Waals surface area contributed by atoms with Crippen molar-refractivity contribution >= 4 is 44.7 Å². The Balaban J connectivity index is 1.51. The Morgan fingerprint density at radius 1 is 0.788 bits per heavy atom. The second kappa shape index (κ2) is 8.40. The molecule has 7 nitrogen and oxygen atoms in total. The van der Waals surface area contributed by atoms with Gasteiger partial charge in [-0.25, -0.2) is 4.98 Å². The Hall–Kier alpha value is -4.17. The third-order valence-electron chi connectivity index (χ3n) is 4.92. The van der Waals surface area contributed by atoms with E-state index in [1.54, 1.807) is 44.2 Å². The summed E-state index contributed by atoms with van der Waals surface area (Å²) in [6.45, 7) is 3.54. The van der Waals surface area contributed by atoms with E-state index in [9.17, 15) is 9.59 Å². The van der Waals surface area contributed by atoms with E-state index in [2.05, 4.69) is 10.6 Å². The normalized spacial score (nSPS) is 11.0. The number of anilines is 2. The summed E-state index contributed by atoms with van der Waals surface area (Å²) in [6, 6.07) is 19.8. The van der Waals surface area contributed by atoms with E-state index in [1.165, 1.54) is 11.3 Å². The molecule has 33 heavy (non-hydrogen) atoms. The van der Waals surface area contributed by atoms with Crippen LogP contribution in [-0.2, 0) is 0 Å². The number of rotatable bonds is 5. The van der Waals surface area contributed by atoms with Crippen LogP contribution in [0.3, 0.4) is 0 Å². The maximum Gasteiger partial charge on any atom is 0.291 e. The monoisotopic (exact) mass is 457 g/mol. The summed E-state index contributed by atoms with van der Waals surface area (Å²) in [6.07, 6.45) is 0. The lowest BCUT2D eigenvalue weighted by atomic mass is 10.1. The number of para-hydroxylation sites is 1. The van der Waals surface area contributed by atoms with Crippen molar-refractivity contribution in [3.8, 4) is 10.6 Å². The van der Waals surface area contributed by atoms with Crippen LogP contribution < -0.4 is 10.6 Å². The van der Waals surface area contributed by atoms with Crippen LogP contribution in [-0.4, -0.2) is 16.8 Å². The van der Waals surface area contributed by atoms with Crippen molar-refractivity contribution in [1.29, 1.82) is 0 Å². The fourth-order valence-electron chi connectivity index (χ4n) is 3.39. The highest BCUT2D eigenvalue weighted by Crippen LogP contribution is 2.34. The number of benzene rings is 2. The predicted molar refractivity (Wildman–Crippen MR) is 128 cm³/mol. The van der Waals surface area contributed by atoms with Gasteiger partial charge >= 0.3 is 0 Å². The average Bonchev–Trinajstić information content (AvgIpc) is 3.52. The number of fused-ring (bicyclic) bond motifs is 1. The second-order valence-electron chi connectivity index (χ2n) is 7.51. The molecule has 0 bridgehead atoms. The molecule has 0 aliphatic heterocycles. The van der Waals surface area contributed by atoms with Crippen molar-refractivity contribution in [2.45, 2.75) is 13.8 Å². The number of hydrogen-bond donors (Lipinski definition) is 2.